The fraction of sp³-hybridized carbons (Fsp3) is 0.500. The monoisotopic (exact) mass is 258 g/mol. The van der Waals surface area contributed by atoms with Crippen LogP contribution in [0.3, 0.4) is 0 Å². The SMILES string of the molecule is COc1cc(Cl)nc(NC(=O)CCCCN)n1. The maximum atomic E-state index is 11.5. The molecule has 94 valence electrons. The van der Waals surface area contributed by atoms with Gasteiger partial charge in [-0.2, -0.15) is 4.98 Å². The number of ether oxygens (including phenoxy) is 1. The normalized spacial score (nSPS) is 10.1. The number of carbonyl (C=O) groups excluding carboxylic acids is 1. The Bertz CT molecular complexity index is 387. The predicted molar refractivity (Wildman–Crippen MR) is 65.1 cm³/mol. The van der Waals surface area contributed by atoms with E-state index in [0.717, 1.165) is 12.8 Å². The Balaban J connectivity index is 2.55. The van der Waals surface area contributed by atoms with Crippen molar-refractivity contribution in [2.24, 2.45) is 5.73 Å². The summed E-state index contributed by atoms with van der Waals surface area (Å²) in [5, 5.41) is 2.77. The van der Waals surface area contributed by atoms with Gasteiger partial charge in [0.2, 0.25) is 17.7 Å². The zero-order valence-electron chi connectivity index (χ0n) is 9.57. The highest BCUT2D eigenvalue weighted by molar-refractivity contribution is 6.29. The molecule has 0 aromatic carbocycles. The zero-order valence-corrected chi connectivity index (χ0v) is 10.3. The van der Waals surface area contributed by atoms with Crippen molar-refractivity contribution >= 4 is 23.5 Å². The van der Waals surface area contributed by atoms with Crippen LogP contribution in [-0.4, -0.2) is 29.5 Å². The van der Waals surface area contributed by atoms with Crippen molar-refractivity contribution in [3.05, 3.63) is 11.2 Å². The van der Waals surface area contributed by atoms with E-state index in [9.17, 15) is 4.79 Å². The summed E-state index contributed by atoms with van der Waals surface area (Å²) >= 11 is 5.74. The minimum Gasteiger partial charge on any atom is -0.481 e. The third-order valence-electron chi connectivity index (χ3n) is 1.99. The molecule has 0 atom stereocenters. The van der Waals surface area contributed by atoms with E-state index < -0.39 is 0 Å². The number of unbranched alkanes of at least 4 members (excludes halogenated alkanes) is 1. The number of amides is 1. The molecule has 3 N–H and O–H groups in total. The van der Waals surface area contributed by atoms with E-state index in [1.165, 1.54) is 13.2 Å². The lowest BCUT2D eigenvalue weighted by molar-refractivity contribution is -0.116. The van der Waals surface area contributed by atoms with Crippen LogP contribution >= 0.6 is 11.6 Å². The van der Waals surface area contributed by atoms with Gasteiger partial charge in [0.05, 0.1) is 7.11 Å². The first-order valence-corrected chi connectivity index (χ1v) is 5.62. The molecule has 0 fully saturated rings. The first-order chi connectivity index (χ1) is 8.15. The molecule has 0 aliphatic carbocycles. The largest absolute Gasteiger partial charge is 0.481 e. The Morgan fingerprint density at radius 3 is 2.94 bits per heavy atom. The lowest BCUT2D eigenvalue weighted by Gasteiger charge is -2.05. The van der Waals surface area contributed by atoms with Gasteiger partial charge in [-0.05, 0) is 19.4 Å². The summed E-state index contributed by atoms with van der Waals surface area (Å²) in [5.41, 5.74) is 5.33. The van der Waals surface area contributed by atoms with Crippen LogP contribution in [0.15, 0.2) is 6.07 Å². The average Bonchev–Trinajstić information content (AvgIpc) is 2.28. The van der Waals surface area contributed by atoms with Crippen LogP contribution in [0.5, 0.6) is 5.88 Å². The zero-order chi connectivity index (χ0) is 12.7. The third-order valence-corrected chi connectivity index (χ3v) is 2.18. The highest BCUT2D eigenvalue weighted by Crippen LogP contribution is 2.15. The standard InChI is InChI=1S/C10H15ClN4O2/c1-17-9-6-7(11)13-10(15-9)14-8(16)4-2-3-5-12/h6H,2-5,12H2,1H3,(H,13,14,15,16). The summed E-state index contributed by atoms with van der Waals surface area (Å²) in [6.07, 6.45) is 1.93. The molecule has 1 aromatic rings. The van der Waals surface area contributed by atoms with Crippen LogP contribution in [0.25, 0.3) is 0 Å². The van der Waals surface area contributed by atoms with E-state index in [1.54, 1.807) is 0 Å². The van der Waals surface area contributed by atoms with Crippen molar-refractivity contribution in [2.75, 3.05) is 19.0 Å². The molecule has 0 aliphatic heterocycles. The maximum Gasteiger partial charge on any atom is 0.234 e. The van der Waals surface area contributed by atoms with Crippen LogP contribution in [0.4, 0.5) is 5.95 Å². The van der Waals surface area contributed by atoms with Crippen LogP contribution in [-0.2, 0) is 4.79 Å². The molecular formula is C10H15ClN4O2. The molecule has 1 heterocycles. The number of nitrogens with one attached hydrogen (secondary N) is 1. The fourth-order valence-electron chi connectivity index (χ4n) is 1.17. The first kappa shape index (κ1) is 13.7. The number of anilines is 1. The molecule has 1 amide bonds. The highest BCUT2D eigenvalue weighted by atomic mass is 35.5. The topological polar surface area (TPSA) is 90.1 Å². The smallest absolute Gasteiger partial charge is 0.234 e. The second-order valence-electron chi connectivity index (χ2n) is 3.35. The van der Waals surface area contributed by atoms with E-state index in [2.05, 4.69) is 15.3 Å². The first-order valence-electron chi connectivity index (χ1n) is 5.24. The predicted octanol–water partition coefficient (Wildman–Crippen LogP) is 1.21. The summed E-state index contributed by atoms with van der Waals surface area (Å²) in [7, 11) is 1.46. The third kappa shape index (κ3) is 4.97. The van der Waals surface area contributed by atoms with Crippen LogP contribution in [0, 0.1) is 0 Å². The molecule has 0 bridgehead atoms. The number of hydrogen-bond acceptors (Lipinski definition) is 5. The van der Waals surface area contributed by atoms with Gasteiger partial charge >= 0.3 is 0 Å². The van der Waals surface area contributed by atoms with Crippen LogP contribution in [0.1, 0.15) is 19.3 Å². The van der Waals surface area contributed by atoms with Gasteiger partial charge in [0.1, 0.15) is 5.15 Å². The Morgan fingerprint density at radius 1 is 1.53 bits per heavy atom. The van der Waals surface area contributed by atoms with Crippen molar-refractivity contribution in [2.45, 2.75) is 19.3 Å². The number of carbonyl (C=O) groups is 1. The average molecular weight is 259 g/mol. The Morgan fingerprint density at radius 2 is 2.29 bits per heavy atom. The lowest BCUT2D eigenvalue weighted by atomic mass is 10.2. The van der Waals surface area contributed by atoms with Crippen molar-refractivity contribution in [3.63, 3.8) is 0 Å². The van der Waals surface area contributed by atoms with Crippen LogP contribution < -0.4 is 15.8 Å². The van der Waals surface area contributed by atoms with Gasteiger partial charge < -0.3 is 10.5 Å². The molecule has 0 saturated heterocycles. The minimum atomic E-state index is -0.164. The van der Waals surface area contributed by atoms with Gasteiger partial charge in [-0.15, -0.1) is 0 Å². The number of methoxy groups -OCH3 is 1. The van der Waals surface area contributed by atoms with Crippen molar-refractivity contribution in [1.29, 1.82) is 0 Å². The van der Waals surface area contributed by atoms with Gasteiger partial charge in [-0.25, -0.2) is 4.98 Å². The summed E-state index contributed by atoms with van der Waals surface area (Å²) in [4.78, 5) is 19.3. The summed E-state index contributed by atoms with van der Waals surface area (Å²) in [6, 6.07) is 1.46. The molecule has 1 rings (SSSR count). The molecule has 17 heavy (non-hydrogen) atoms. The number of halogens is 1. The van der Waals surface area contributed by atoms with Gasteiger partial charge in [-0.3, -0.25) is 10.1 Å². The lowest BCUT2D eigenvalue weighted by Crippen LogP contribution is -2.14. The van der Waals surface area contributed by atoms with E-state index in [4.69, 9.17) is 22.1 Å². The Kier molecular flexibility index (Phi) is 5.65. The molecule has 0 aliphatic rings. The van der Waals surface area contributed by atoms with Crippen molar-refractivity contribution in [1.82, 2.24) is 9.97 Å². The van der Waals surface area contributed by atoms with E-state index >= 15 is 0 Å². The van der Waals surface area contributed by atoms with Gasteiger partial charge in [-0.1, -0.05) is 11.6 Å². The maximum absolute atomic E-state index is 11.5. The van der Waals surface area contributed by atoms with E-state index in [1.807, 2.05) is 0 Å². The number of nitrogens with two attached hydrogens (primary N) is 1. The summed E-state index contributed by atoms with van der Waals surface area (Å²) in [6.45, 7) is 0.578. The number of hydrogen-bond donors (Lipinski definition) is 2. The number of nitrogens with zero attached hydrogens (tertiary/aromatic N) is 2. The molecule has 0 unspecified atom stereocenters. The molecule has 7 heteroatoms. The molecule has 6 nitrogen and oxygen atoms in total. The summed E-state index contributed by atoms with van der Waals surface area (Å²) in [5.74, 6) is 0.289. The highest BCUT2D eigenvalue weighted by Gasteiger charge is 2.07. The molecule has 0 radical (unpaired) electrons. The minimum absolute atomic E-state index is 0.145. The van der Waals surface area contributed by atoms with Gasteiger partial charge in [0, 0.05) is 12.5 Å². The summed E-state index contributed by atoms with van der Waals surface area (Å²) < 4.78 is 4.91. The van der Waals surface area contributed by atoms with E-state index in [0.29, 0.717) is 18.8 Å². The second kappa shape index (κ2) is 7.03. The Hall–Kier alpha value is -1.40. The Labute approximate surface area is 105 Å². The molecule has 1 aromatic heterocycles. The van der Waals surface area contributed by atoms with Gasteiger partial charge in [0.25, 0.3) is 0 Å². The molecule has 0 spiro atoms. The second-order valence-corrected chi connectivity index (χ2v) is 3.74. The van der Waals surface area contributed by atoms with Crippen molar-refractivity contribution in [3.8, 4) is 5.88 Å². The van der Waals surface area contributed by atoms with Gasteiger partial charge in [0.15, 0.2) is 0 Å². The van der Waals surface area contributed by atoms with E-state index in [-0.39, 0.29) is 17.0 Å². The quantitative estimate of drug-likeness (QED) is 0.591. The van der Waals surface area contributed by atoms with Crippen molar-refractivity contribution < 1.29 is 9.53 Å². The molecule has 0 saturated carbocycles. The molecular weight excluding hydrogens is 244 g/mol. The fourth-order valence-corrected chi connectivity index (χ4v) is 1.35. The number of rotatable bonds is 6. The van der Waals surface area contributed by atoms with Crippen LogP contribution in [0.2, 0.25) is 5.15 Å². The number of aromatic nitrogens is 2.